The van der Waals surface area contributed by atoms with Crippen LogP contribution in [0.4, 0.5) is 0 Å². The van der Waals surface area contributed by atoms with Gasteiger partial charge in [-0.05, 0) is 17.7 Å². The SMILES string of the molecule is COc1ccccc1OCCNC(=O)[C@H]1CN(Cc2ccccc2)C[C@@]12OCCNC2=O. The van der Waals surface area contributed by atoms with Gasteiger partial charge < -0.3 is 24.8 Å². The molecule has 2 heterocycles. The molecule has 4 rings (SSSR count). The van der Waals surface area contributed by atoms with Gasteiger partial charge in [0.2, 0.25) is 5.91 Å². The van der Waals surface area contributed by atoms with Crippen LogP contribution in [0.3, 0.4) is 0 Å². The van der Waals surface area contributed by atoms with E-state index in [0.717, 1.165) is 5.56 Å². The van der Waals surface area contributed by atoms with E-state index in [0.29, 0.717) is 50.8 Å². The number of para-hydroxylation sites is 2. The largest absolute Gasteiger partial charge is 0.493 e. The molecule has 8 heteroatoms. The summed E-state index contributed by atoms with van der Waals surface area (Å²) in [6.45, 7) is 2.92. The molecule has 2 aliphatic heterocycles. The molecule has 2 aromatic rings. The van der Waals surface area contributed by atoms with Gasteiger partial charge in [-0.3, -0.25) is 14.5 Å². The third-order valence-corrected chi connectivity index (χ3v) is 5.89. The lowest BCUT2D eigenvalue weighted by atomic mass is 9.88. The van der Waals surface area contributed by atoms with Crippen molar-refractivity contribution < 1.29 is 23.8 Å². The third kappa shape index (κ3) is 4.71. The van der Waals surface area contributed by atoms with Gasteiger partial charge in [-0.2, -0.15) is 0 Å². The van der Waals surface area contributed by atoms with E-state index in [4.69, 9.17) is 14.2 Å². The topological polar surface area (TPSA) is 89.1 Å². The van der Waals surface area contributed by atoms with Crippen molar-refractivity contribution in [3.05, 3.63) is 60.2 Å². The van der Waals surface area contributed by atoms with Gasteiger partial charge in [0.05, 0.1) is 26.2 Å². The Morgan fingerprint density at radius 3 is 2.69 bits per heavy atom. The van der Waals surface area contributed by atoms with Gasteiger partial charge in [0, 0.05) is 26.2 Å². The molecule has 0 unspecified atom stereocenters. The van der Waals surface area contributed by atoms with Gasteiger partial charge in [0.15, 0.2) is 17.1 Å². The van der Waals surface area contributed by atoms with Crippen molar-refractivity contribution >= 4 is 11.8 Å². The van der Waals surface area contributed by atoms with E-state index in [1.54, 1.807) is 7.11 Å². The highest BCUT2D eigenvalue weighted by Gasteiger charge is 2.57. The van der Waals surface area contributed by atoms with Gasteiger partial charge in [-0.15, -0.1) is 0 Å². The maximum atomic E-state index is 13.1. The van der Waals surface area contributed by atoms with E-state index in [1.807, 2.05) is 54.6 Å². The summed E-state index contributed by atoms with van der Waals surface area (Å²) in [5.41, 5.74) is -0.0363. The highest BCUT2D eigenvalue weighted by molar-refractivity contribution is 5.94. The first kappa shape index (κ1) is 22.1. The number of carbonyl (C=O) groups is 2. The number of hydrogen-bond donors (Lipinski definition) is 2. The lowest BCUT2D eigenvalue weighted by Gasteiger charge is -2.36. The minimum atomic E-state index is -1.17. The molecule has 0 radical (unpaired) electrons. The Morgan fingerprint density at radius 1 is 1.19 bits per heavy atom. The molecular weight excluding hydrogens is 410 g/mol. The van der Waals surface area contributed by atoms with E-state index in [2.05, 4.69) is 15.5 Å². The number of nitrogens with one attached hydrogen (secondary N) is 2. The van der Waals surface area contributed by atoms with Crippen LogP contribution in [-0.4, -0.2) is 68.8 Å². The molecule has 2 aromatic carbocycles. The number of rotatable bonds is 8. The smallest absolute Gasteiger partial charge is 0.254 e. The fourth-order valence-electron chi connectivity index (χ4n) is 4.35. The first-order chi connectivity index (χ1) is 15.6. The number of carbonyl (C=O) groups excluding carboxylic acids is 2. The Bertz CT molecular complexity index is 938. The zero-order valence-corrected chi connectivity index (χ0v) is 18.2. The van der Waals surface area contributed by atoms with Crippen LogP contribution in [0.1, 0.15) is 5.56 Å². The van der Waals surface area contributed by atoms with Crippen molar-refractivity contribution in [2.45, 2.75) is 12.1 Å². The predicted octanol–water partition coefficient (Wildman–Crippen LogP) is 1.21. The quantitative estimate of drug-likeness (QED) is 0.601. The summed E-state index contributed by atoms with van der Waals surface area (Å²) < 4.78 is 17.0. The highest BCUT2D eigenvalue weighted by Crippen LogP contribution is 2.34. The fraction of sp³-hybridized carbons (Fsp3) is 0.417. The molecule has 2 amide bonds. The van der Waals surface area contributed by atoms with Crippen LogP contribution in [0, 0.1) is 5.92 Å². The van der Waals surface area contributed by atoms with Crippen molar-refractivity contribution in [2.75, 3.05) is 46.5 Å². The molecule has 8 nitrogen and oxygen atoms in total. The number of morpholine rings is 1. The summed E-state index contributed by atoms with van der Waals surface area (Å²) >= 11 is 0. The molecule has 0 bridgehead atoms. The molecule has 0 aromatic heterocycles. The van der Waals surface area contributed by atoms with Crippen LogP contribution >= 0.6 is 0 Å². The maximum Gasteiger partial charge on any atom is 0.254 e. The second kappa shape index (κ2) is 10.0. The Balaban J connectivity index is 1.38. The van der Waals surface area contributed by atoms with E-state index in [-0.39, 0.29) is 18.4 Å². The molecule has 0 saturated carbocycles. The first-order valence-corrected chi connectivity index (χ1v) is 10.8. The van der Waals surface area contributed by atoms with Crippen LogP contribution < -0.4 is 20.1 Å². The lowest BCUT2D eigenvalue weighted by molar-refractivity contribution is -0.163. The summed E-state index contributed by atoms with van der Waals surface area (Å²) in [5, 5.41) is 5.79. The summed E-state index contributed by atoms with van der Waals surface area (Å²) in [6.07, 6.45) is 0. The number of hydrogen-bond acceptors (Lipinski definition) is 6. The molecule has 1 spiro atoms. The van der Waals surface area contributed by atoms with Crippen molar-refractivity contribution in [3.8, 4) is 11.5 Å². The monoisotopic (exact) mass is 439 g/mol. The molecule has 2 N–H and O–H groups in total. The second-order valence-electron chi connectivity index (χ2n) is 7.99. The average Bonchev–Trinajstić information content (AvgIpc) is 3.18. The number of benzene rings is 2. The average molecular weight is 440 g/mol. The zero-order valence-electron chi connectivity index (χ0n) is 18.2. The second-order valence-corrected chi connectivity index (χ2v) is 7.99. The minimum Gasteiger partial charge on any atom is -0.493 e. The Labute approximate surface area is 187 Å². The molecule has 2 atom stereocenters. The van der Waals surface area contributed by atoms with Crippen molar-refractivity contribution in [3.63, 3.8) is 0 Å². The summed E-state index contributed by atoms with van der Waals surface area (Å²) in [7, 11) is 1.58. The van der Waals surface area contributed by atoms with Crippen molar-refractivity contribution in [1.82, 2.24) is 15.5 Å². The lowest BCUT2D eigenvalue weighted by Crippen LogP contribution is -2.62. The number of amides is 2. The van der Waals surface area contributed by atoms with E-state index < -0.39 is 11.5 Å². The van der Waals surface area contributed by atoms with E-state index in [9.17, 15) is 9.59 Å². The molecule has 2 aliphatic rings. The Kier molecular flexibility index (Phi) is 6.92. The summed E-state index contributed by atoms with van der Waals surface area (Å²) in [6, 6.07) is 17.4. The van der Waals surface area contributed by atoms with Gasteiger partial charge in [0.1, 0.15) is 6.61 Å². The normalized spacial score (nSPS) is 23.0. The van der Waals surface area contributed by atoms with Gasteiger partial charge in [-0.25, -0.2) is 0 Å². The van der Waals surface area contributed by atoms with E-state index in [1.165, 1.54) is 0 Å². The van der Waals surface area contributed by atoms with Crippen molar-refractivity contribution in [1.29, 1.82) is 0 Å². The Hall–Kier alpha value is -3.10. The highest BCUT2D eigenvalue weighted by atomic mass is 16.5. The number of ether oxygens (including phenoxy) is 3. The molecule has 2 saturated heterocycles. The van der Waals surface area contributed by atoms with Crippen LogP contribution in [-0.2, 0) is 20.9 Å². The molecule has 32 heavy (non-hydrogen) atoms. The number of likely N-dealkylation sites (tertiary alicyclic amines) is 1. The standard InChI is InChI=1S/C24H29N3O5/c1-30-20-9-5-6-10-21(20)31-13-11-25-22(28)19-16-27(15-18-7-3-2-4-8-18)17-24(19)23(29)26-12-14-32-24/h2-10,19H,11-17H2,1H3,(H,25,28)(H,26,29)/t19-,24-/m1/s1. The van der Waals surface area contributed by atoms with E-state index >= 15 is 0 Å². The summed E-state index contributed by atoms with van der Waals surface area (Å²) in [5.74, 6) is 0.228. The predicted molar refractivity (Wildman–Crippen MR) is 118 cm³/mol. The summed E-state index contributed by atoms with van der Waals surface area (Å²) in [4.78, 5) is 28.1. The third-order valence-electron chi connectivity index (χ3n) is 5.89. The maximum absolute atomic E-state index is 13.1. The van der Waals surface area contributed by atoms with Gasteiger partial charge in [-0.1, -0.05) is 42.5 Å². The molecule has 0 aliphatic carbocycles. The van der Waals surface area contributed by atoms with Gasteiger partial charge in [0.25, 0.3) is 5.91 Å². The van der Waals surface area contributed by atoms with Crippen LogP contribution in [0.5, 0.6) is 11.5 Å². The molecular formula is C24H29N3O5. The first-order valence-electron chi connectivity index (χ1n) is 10.8. The van der Waals surface area contributed by atoms with Crippen LogP contribution in [0.2, 0.25) is 0 Å². The van der Waals surface area contributed by atoms with Crippen LogP contribution in [0.25, 0.3) is 0 Å². The number of nitrogens with zero attached hydrogens (tertiary/aromatic N) is 1. The zero-order chi connectivity index (χ0) is 22.4. The van der Waals surface area contributed by atoms with Crippen LogP contribution in [0.15, 0.2) is 54.6 Å². The molecule has 2 fully saturated rings. The minimum absolute atomic E-state index is 0.207. The number of methoxy groups -OCH3 is 1. The fourth-order valence-corrected chi connectivity index (χ4v) is 4.35. The molecule has 170 valence electrons. The Morgan fingerprint density at radius 2 is 1.94 bits per heavy atom. The van der Waals surface area contributed by atoms with Crippen molar-refractivity contribution in [2.24, 2.45) is 5.92 Å². The van der Waals surface area contributed by atoms with Gasteiger partial charge >= 0.3 is 0 Å².